The van der Waals surface area contributed by atoms with Crippen molar-refractivity contribution in [1.29, 1.82) is 0 Å². The quantitative estimate of drug-likeness (QED) is 0.860. The first-order valence-electron chi connectivity index (χ1n) is 6.79. The van der Waals surface area contributed by atoms with E-state index in [1.54, 1.807) is 25.3 Å². The Balaban J connectivity index is 1.99. The van der Waals surface area contributed by atoms with Crippen LogP contribution in [-0.2, 0) is 11.3 Å². The number of rotatable bonds is 5. The van der Waals surface area contributed by atoms with E-state index in [1.807, 2.05) is 48.1 Å². The number of anilines is 2. The molecule has 1 amide bonds. The van der Waals surface area contributed by atoms with Crippen LogP contribution < -0.4 is 19.5 Å². The number of aromatic nitrogens is 1. The summed E-state index contributed by atoms with van der Waals surface area (Å²) in [5, 5.41) is 3.27. The maximum atomic E-state index is 12.0. The third kappa shape index (κ3) is 4.11. The number of nitrogens with zero attached hydrogens (tertiary/aromatic N) is 2. The zero-order chi connectivity index (χ0) is 16.1. The lowest BCUT2D eigenvalue weighted by atomic mass is 10.3. The van der Waals surface area contributed by atoms with Gasteiger partial charge in [0, 0.05) is 37.6 Å². The maximum Gasteiger partial charge on any atom is 0.290 e. The Labute approximate surface area is 135 Å². The molecule has 1 aromatic carbocycles. The van der Waals surface area contributed by atoms with Gasteiger partial charge in [0.15, 0.2) is 12.4 Å². The van der Waals surface area contributed by atoms with Crippen molar-refractivity contribution in [2.45, 2.75) is 6.54 Å². The molecule has 0 atom stereocenters. The molecule has 0 aliphatic carbocycles. The van der Waals surface area contributed by atoms with Crippen molar-refractivity contribution in [2.75, 3.05) is 31.4 Å². The minimum atomic E-state index is -0.121. The number of carbonyl (C=O) groups is 1. The van der Waals surface area contributed by atoms with Gasteiger partial charge in [-0.25, -0.2) is 0 Å². The van der Waals surface area contributed by atoms with Crippen molar-refractivity contribution in [1.82, 2.24) is 0 Å². The molecule has 0 fully saturated rings. The van der Waals surface area contributed by atoms with E-state index < -0.39 is 0 Å². The molecule has 0 aliphatic heterocycles. The first-order valence-corrected chi connectivity index (χ1v) is 7.17. The molecular formula is C16H19ClN3O2+. The van der Waals surface area contributed by atoms with Gasteiger partial charge < -0.3 is 15.0 Å². The largest absolute Gasteiger partial charge is 0.495 e. The molecule has 1 aromatic heterocycles. The normalized spacial score (nSPS) is 10.2. The zero-order valence-electron chi connectivity index (χ0n) is 12.8. The number of carbonyl (C=O) groups excluding carboxylic acids is 1. The van der Waals surface area contributed by atoms with Gasteiger partial charge in [-0.3, -0.25) is 4.79 Å². The van der Waals surface area contributed by atoms with E-state index in [-0.39, 0.29) is 12.5 Å². The molecule has 2 aromatic rings. The van der Waals surface area contributed by atoms with Gasteiger partial charge in [0.25, 0.3) is 5.91 Å². The van der Waals surface area contributed by atoms with Crippen LogP contribution in [0.4, 0.5) is 11.4 Å². The molecular weight excluding hydrogens is 302 g/mol. The van der Waals surface area contributed by atoms with Crippen LogP contribution in [0, 0.1) is 0 Å². The SMILES string of the molecule is COc1ccc(NC(=O)C[n+]2ccc(N(C)C)cc2)cc1Cl. The maximum absolute atomic E-state index is 12.0. The van der Waals surface area contributed by atoms with Gasteiger partial charge in [-0.15, -0.1) is 0 Å². The molecule has 22 heavy (non-hydrogen) atoms. The van der Waals surface area contributed by atoms with Crippen LogP contribution in [0.1, 0.15) is 0 Å². The molecule has 1 heterocycles. The molecule has 0 aliphatic rings. The number of hydrogen-bond acceptors (Lipinski definition) is 3. The van der Waals surface area contributed by atoms with E-state index in [0.717, 1.165) is 5.69 Å². The summed E-state index contributed by atoms with van der Waals surface area (Å²) in [6.07, 6.45) is 3.74. The van der Waals surface area contributed by atoms with Crippen molar-refractivity contribution >= 4 is 28.9 Å². The van der Waals surface area contributed by atoms with E-state index in [2.05, 4.69) is 5.32 Å². The predicted molar refractivity (Wildman–Crippen MR) is 87.6 cm³/mol. The monoisotopic (exact) mass is 320 g/mol. The number of pyridine rings is 1. The van der Waals surface area contributed by atoms with Gasteiger partial charge in [-0.2, -0.15) is 4.57 Å². The minimum absolute atomic E-state index is 0.121. The number of nitrogens with one attached hydrogen (secondary N) is 1. The summed E-state index contributed by atoms with van der Waals surface area (Å²) in [4.78, 5) is 14.1. The summed E-state index contributed by atoms with van der Waals surface area (Å²) in [5.74, 6) is 0.456. The van der Waals surface area contributed by atoms with E-state index in [0.29, 0.717) is 16.5 Å². The Hall–Kier alpha value is -2.27. The van der Waals surface area contributed by atoms with E-state index >= 15 is 0 Å². The fraction of sp³-hybridized carbons (Fsp3) is 0.250. The molecule has 0 bridgehead atoms. The van der Waals surface area contributed by atoms with Gasteiger partial charge in [0.1, 0.15) is 5.75 Å². The van der Waals surface area contributed by atoms with Crippen LogP contribution in [-0.4, -0.2) is 27.1 Å². The lowest BCUT2D eigenvalue weighted by Crippen LogP contribution is -2.39. The number of methoxy groups -OCH3 is 1. The zero-order valence-corrected chi connectivity index (χ0v) is 13.6. The van der Waals surface area contributed by atoms with Gasteiger partial charge in [-0.1, -0.05) is 11.6 Å². The summed E-state index contributed by atoms with van der Waals surface area (Å²) in [7, 11) is 5.49. The highest BCUT2D eigenvalue weighted by Gasteiger charge is 2.11. The van der Waals surface area contributed by atoms with E-state index in [4.69, 9.17) is 16.3 Å². The van der Waals surface area contributed by atoms with E-state index in [9.17, 15) is 4.79 Å². The second-order valence-corrected chi connectivity index (χ2v) is 5.43. The fourth-order valence-corrected chi connectivity index (χ4v) is 2.22. The summed E-state index contributed by atoms with van der Waals surface area (Å²) in [6, 6.07) is 9.05. The lowest BCUT2D eigenvalue weighted by Gasteiger charge is -2.10. The molecule has 0 saturated heterocycles. The van der Waals surface area contributed by atoms with Gasteiger partial charge >= 0.3 is 0 Å². The summed E-state index contributed by atoms with van der Waals surface area (Å²) in [5.41, 5.74) is 1.72. The predicted octanol–water partition coefficient (Wildman–Crippen LogP) is 2.34. The van der Waals surface area contributed by atoms with Crippen LogP contribution in [0.2, 0.25) is 5.02 Å². The third-order valence-corrected chi connectivity index (χ3v) is 3.45. The molecule has 5 nitrogen and oxygen atoms in total. The fourth-order valence-electron chi connectivity index (χ4n) is 1.96. The number of amides is 1. The molecule has 6 heteroatoms. The molecule has 116 valence electrons. The smallest absolute Gasteiger partial charge is 0.290 e. The highest BCUT2D eigenvalue weighted by Crippen LogP contribution is 2.27. The van der Waals surface area contributed by atoms with Crippen molar-refractivity contribution < 1.29 is 14.1 Å². The van der Waals surface area contributed by atoms with Gasteiger partial charge in [0.2, 0.25) is 6.54 Å². The number of ether oxygens (including phenoxy) is 1. The average Bonchev–Trinajstić information content (AvgIpc) is 2.48. The van der Waals surface area contributed by atoms with Crippen LogP contribution in [0.25, 0.3) is 0 Å². The van der Waals surface area contributed by atoms with Crippen LogP contribution in [0.3, 0.4) is 0 Å². The highest BCUT2D eigenvalue weighted by molar-refractivity contribution is 6.32. The number of hydrogen-bond donors (Lipinski definition) is 1. The Morgan fingerprint density at radius 3 is 2.50 bits per heavy atom. The van der Waals surface area contributed by atoms with Crippen molar-refractivity contribution in [3.8, 4) is 5.75 Å². The number of halogens is 1. The summed E-state index contributed by atoms with van der Waals surface area (Å²) < 4.78 is 6.89. The topological polar surface area (TPSA) is 45.5 Å². The third-order valence-electron chi connectivity index (χ3n) is 3.15. The van der Waals surface area contributed by atoms with Crippen molar-refractivity contribution in [3.63, 3.8) is 0 Å². The molecule has 1 N–H and O–H groups in total. The Morgan fingerprint density at radius 2 is 1.95 bits per heavy atom. The minimum Gasteiger partial charge on any atom is -0.495 e. The average molecular weight is 321 g/mol. The molecule has 0 unspecified atom stereocenters. The van der Waals surface area contributed by atoms with Crippen molar-refractivity contribution in [2.24, 2.45) is 0 Å². The first kappa shape index (κ1) is 16.1. The Kier molecular flexibility index (Phi) is 5.22. The highest BCUT2D eigenvalue weighted by atomic mass is 35.5. The second-order valence-electron chi connectivity index (χ2n) is 5.02. The standard InChI is InChI=1S/C16H18ClN3O2/c1-19(2)13-6-8-20(9-7-13)11-16(21)18-12-4-5-15(22-3)14(17)10-12/h4-10H,11H2,1-3H3/p+1. The van der Waals surface area contributed by atoms with Crippen LogP contribution >= 0.6 is 11.6 Å². The van der Waals surface area contributed by atoms with Gasteiger partial charge in [-0.05, 0) is 18.2 Å². The lowest BCUT2D eigenvalue weighted by molar-refractivity contribution is -0.684. The number of benzene rings is 1. The molecule has 0 radical (unpaired) electrons. The Bertz CT molecular complexity index is 657. The van der Waals surface area contributed by atoms with Crippen molar-refractivity contribution in [3.05, 3.63) is 47.7 Å². The van der Waals surface area contributed by atoms with Gasteiger partial charge in [0.05, 0.1) is 12.1 Å². The molecule has 0 spiro atoms. The van der Waals surface area contributed by atoms with E-state index in [1.165, 1.54) is 0 Å². The van der Waals surface area contributed by atoms with Crippen LogP contribution in [0.5, 0.6) is 5.75 Å². The Morgan fingerprint density at radius 1 is 1.27 bits per heavy atom. The first-order chi connectivity index (χ1) is 10.5. The summed E-state index contributed by atoms with van der Waals surface area (Å²) >= 11 is 6.03. The second kappa shape index (κ2) is 7.13. The summed E-state index contributed by atoms with van der Waals surface area (Å²) in [6.45, 7) is 0.233. The van der Waals surface area contributed by atoms with Crippen LogP contribution in [0.15, 0.2) is 42.7 Å². The molecule has 0 saturated carbocycles. The molecule has 2 rings (SSSR count).